The highest BCUT2D eigenvalue weighted by Gasteiger charge is 2.21. The topological polar surface area (TPSA) is 76.7 Å². The number of carbonyl (C=O) groups excluding carboxylic acids is 2. The monoisotopic (exact) mass is 352 g/mol. The predicted octanol–water partition coefficient (Wildman–Crippen LogP) is 3.20. The molecule has 1 fully saturated rings. The summed E-state index contributed by atoms with van der Waals surface area (Å²) in [7, 11) is 0. The second-order valence-electron chi connectivity index (χ2n) is 6.66. The minimum absolute atomic E-state index is 0.0407. The molecule has 6 heteroatoms. The van der Waals surface area contributed by atoms with Crippen molar-refractivity contribution in [2.24, 2.45) is 5.92 Å². The van der Waals surface area contributed by atoms with Crippen LogP contribution in [-0.2, 0) is 16.1 Å². The highest BCUT2D eigenvalue weighted by molar-refractivity contribution is 6.05. The molecular formula is C20H20N2O4. The minimum Gasteiger partial charge on any atom is -0.482 e. The number of amides is 2. The molecule has 2 amide bonds. The van der Waals surface area contributed by atoms with Gasteiger partial charge >= 0.3 is 0 Å². The van der Waals surface area contributed by atoms with Crippen molar-refractivity contribution >= 4 is 23.2 Å². The van der Waals surface area contributed by atoms with E-state index in [0.29, 0.717) is 23.6 Å². The third-order valence-electron chi connectivity index (χ3n) is 4.38. The molecule has 26 heavy (non-hydrogen) atoms. The zero-order valence-electron chi connectivity index (χ0n) is 14.3. The maximum atomic E-state index is 12.5. The molecule has 1 aliphatic carbocycles. The van der Waals surface area contributed by atoms with Gasteiger partial charge in [-0.15, -0.1) is 0 Å². The maximum Gasteiger partial charge on any atom is 0.262 e. The zero-order chi connectivity index (χ0) is 17.9. The number of hydrogen-bond donors (Lipinski definition) is 2. The number of nitrogens with one attached hydrogen (secondary N) is 2. The van der Waals surface area contributed by atoms with Gasteiger partial charge in [-0.05, 0) is 54.7 Å². The first-order valence-electron chi connectivity index (χ1n) is 8.72. The molecule has 1 saturated carbocycles. The van der Waals surface area contributed by atoms with E-state index in [1.807, 2.05) is 24.3 Å². The van der Waals surface area contributed by atoms with Gasteiger partial charge in [0.1, 0.15) is 5.75 Å². The minimum atomic E-state index is -0.232. The van der Waals surface area contributed by atoms with Crippen LogP contribution in [-0.4, -0.2) is 25.0 Å². The average molecular weight is 352 g/mol. The van der Waals surface area contributed by atoms with Crippen molar-refractivity contribution < 1.29 is 19.1 Å². The lowest BCUT2D eigenvalue weighted by atomic mass is 10.1. The number of benzene rings is 2. The van der Waals surface area contributed by atoms with Crippen LogP contribution in [0, 0.1) is 5.92 Å². The van der Waals surface area contributed by atoms with Crippen LogP contribution in [0.2, 0.25) is 0 Å². The third kappa shape index (κ3) is 4.03. The van der Waals surface area contributed by atoms with Gasteiger partial charge in [-0.3, -0.25) is 9.59 Å². The highest BCUT2D eigenvalue weighted by atomic mass is 16.5. The van der Waals surface area contributed by atoms with Crippen LogP contribution in [0.15, 0.2) is 42.5 Å². The average Bonchev–Trinajstić information content (AvgIpc) is 3.46. The van der Waals surface area contributed by atoms with E-state index in [1.165, 1.54) is 12.8 Å². The van der Waals surface area contributed by atoms with Gasteiger partial charge < -0.3 is 20.1 Å². The lowest BCUT2D eigenvalue weighted by Gasteiger charge is -2.18. The van der Waals surface area contributed by atoms with Gasteiger partial charge in [0.25, 0.3) is 11.8 Å². The van der Waals surface area contributed by atoms with Crippen molar-refractivity contribution in [2.75, 3.05) is 23.8 Å². The van der Waals surface area contributed by atoms with E-state index in [2.05, 4.69) is 10.6 Å². The van der Waals surface area contributed by atoms with Crippen molar-refractivity contribution in [3.63, 3.8) is 0 Å². The quantitative estimate of drug-likeness (QED) is 0.837. The van der Waals surface area contributed by atoms with E-state index in [0.717, 1.165) is 23.8 Å². The Balaban J connectivity index is 1.40. The molecule has 2 aliphatic rings. The Hall–Kier alpha value is -2.86. The van der Waals surface area contributed by atoms with Gasteiger partial charge in [-0.1, -0.05) is 12.1 Å². The second kappa shape index (κ2) is 7.17. The summed E-state index contributed by atoms with van der Waals surface area (Å²) in [5.74, 6) is 0.799. The fourth-order valence-electron chi connectivity index (χ4n) is 2.79. The van der Waals surface area contributed by atoms with Crippen LogP contribution in [0.4, 0.5) is 11.4 Å². The van der Waals surface area contributed by atoms with Crippen LogP contribution in [0.5, 0.6) is 5.75 Å². The summed E-state index contributed by atoms with van der Waals surface area (Å²) in [5, 5.41) is 5.59. The normalized spacial score (nSPS) is 15.6. The summed E-state index contributed by atoms with van der Waals surface area (Å²) in [6.45, 7) is 1.32. The van der Waals surface area contributed by atoms with Gasteiger partial charge in [0.15, 0.2) is 6.61 Å². The molecule has 0 aromatic heterocycles. The Kier molecular flexibility index (Phi) is 4.58. The Morgan fingerprint density at radius 2 is 2.12 bits per heavy atom. The number of fused-ring (bicyclic) bond motifs is 1. The molecule has 0 spiro atoms. The van der Waals surface area contributed by atoms with E-state index in [1.54, 1.807) is 18.2 Å². The first kappa shape index (κ1) is 16.6. The van der Waals surface area contributed by atoms with Crippen LogP contribution in [0.25, 0.3) is 0 Å². The maximum absolute atomic E-state index is 12.5. The van der Waals surface area contributed by atoms with E-state index in [9.17, 15) is 9.59 Å². The first-order valence-corrected chi connectivity index (χ1v) is 8.72. The largest absolute Gasteiger partial charge is 0.482 e. The molecule has 0 unspecified atom stereocenters. The Morgan fingerprint density at radius 3 is 2.96 bits per heavy atom. The van der Waals surface area contributed by atoms with E-state index in [-0.39, 0.29) is 18.4 Å². The molecule has 1 heterocycles. The number of rotatable bonds is 6. The third-order valence-corrected chi connectivity index (χ3v) is 4.38. The molecule has 2 aromatic rings. The van der Waals surface area contributed by atoms with Gasteiger partial charge in [0.05, 0.1) is 12.3 Å². The fraction of sp³-hybridized carbons (Fsp3) is 0.300. The summed E-state index contributed by atoms with van der Waals surface area (Å²) in [6, 6.07) is 12.6. The Bertz CT molecular complexity index is 845. The molecule has 0 radical (unpaired) electrons. The molecular weight excluding hydrogens is 332 g/mol. The number of anilines is 2. The number of hydrogen-bond acceptors (Lipinski definition) is 4. The Labute approximate surface area is 151 Å². The van der Waals surface area contributed by atoms with Crippen LogP contribution in [0.1, 0.15) is 28.8 Å². The van der Waals surface area contributed by atoms with E-state index in [4.69, 9.17) is 9.47 Å². The molecule has 2 aromatic carbocycles. The molecule has 0 saturated heterocycles. The van der Waals surface area contributed by atoms with Crippen molar-refractivity contribution in [2.45, 2.75) is 19.4 Å². The van der Waals surface area contributed by atoms with Gasteiger partial charge in [-0.25, -0.2) is 0 Å². The van der Waals surface area contributed by atoms with Crippen LogP contribution in [0.3, 0.4) is 0 Å². The van der Waals surface area contributed by atoms with Gasteiger partial charge in [0, 0.05) is 17.9 Å². The van der Waals surface area contributed by atoms with Crippen molar-refractivity contribution in [3.05, 3.63) is 53.6 Å². The van der Waals surface area contributed by atoms with E-state index >= 15 is 0 Å². The highest BCUT2D eigenvalue weighted by Crippen LogP contribution is 2.30. The summed E-state index contributed by atoms with van der Waals surface area (Å²) < 4.78 is 11.1. The van der Waals surface area contributed by atoms with Crippen LogP contribution >= 0.6 is 0 Å². The summed E-state index contributed by atoms with van der Waals surface area (Å²) >= 11 is 0. The number of ether oxygens (including phenoxy) is 2. The Morgan fingerprint density at radius 1 is 1.23 bits per heavy atom. The second-order valence-corrected chi connectivity index (χ2v) is 6.66. The number of carbonyl (C=O) groups is 2. The molecule has 0 atom stereocenters. The summed E-state index contributed by atoms with van der Waals surface area (Å²) in [4.78, 5) is 23.8. The van der Waals surface area contributed by atoms with Crippen molar-refractivity contribution in [1.29, 1.82) is 0 Å². The fourth-order valence-corrected chi connectivity index (χ4v) is 2.79. The predicted molar refractivity (Wildman–Crippen MR) is 97.3 cm³/mol. The lowest BCUT2D eigenvalue weighted by molar-refractivity contribution is -0.118. The molecule has 2 N–H and O–H groups in total. The molecule has 134 valence electrons. The van der Waals surface area contributed by atoms with Gasteiger partial charge in [0.2, 0.25) is 0 Å². The summed E-state index contributed by atoms with van der Waals surface area (Å²) in [6.07, 6.45) is 2.54. The zero-order valence-corrected chi connectivity index (χ0v) is 14.3. The SMILES string of the molecule is O=C1COc2cc(C(=O)Nc3cccc(COCC4CC4)c3)ccc2N1. The molecule has 4 rings (SSSR count). The molecule has 0 bridgehead atoms. The lowest BCUT2D eigenvalue weighted by Crippen LogP contribution is -2.25. The smallest absolute Gasteiger partial charge is 0.262 e. The van der Waals surface area contributed by atoms with Gasteiger partial charge in [-0.2, -0.15) is 0 Å². The molecule has 1 aliphatic heterocycles. The van der Waals surface area contributed by atoms with E-state index < -0.39 is 0 Å². The summed E-state index contributed by atoms with van der Waals surface area (Å²) in [5.41, 5.74) is 2.79. The molecule has 6 nitrogen and oxygen atoms in total. The first-order chi connectivity index (χ1) is 12.7. The van der Waals surface area contributed by atoms with Crippen molar-refractivity contribution in [1.82, 2.24) is 0 Å². The van der Waals surface area contributed by atoms with Crippen LogP contribution < -0.4 is 15.4 Å². The van der Waals surface area contributed by atoms with Crippen molar-refractivity contribution in [3.8, 4) is 5.75 Å². The standard InChI is InChI=1S/C20H20N2O4/c23-19-12-26-18-9-15(6-7-17(18)22-19)20(24)21-16-3-1-2-14(8-16)11-25-10-13-4-5-13/h1-3,6-9,13H,4-5,10-12H2,(H,21,24)(H,22,23).